The van der Waals surface area contributed by atoms with Gasteiger partial charge in [-0.2, -0.15) is 0 Å². The average Bonchev–Trinajstić information content (AvgIpc) is 2.63. The largest absolute Gasteiger partial charge is 0.349 e. The lowest BCUT2D eigenvalue weighted by atomic mass is 10.1. The van der Waals surface area contributed by atoms with Gasteiger partial charge in [0.2, 0.25) is 0 Å². The molecule has 120 valence electrons. The highest BCUT2D eigenvalue weighted by Gasteiger charge is 2.12. The summed E-state index contributed by atoms with van der Waals surface area (Å²) in [7, 11) is 0. The topological polar surface area (TPSA) is 93.6 Å². The van der Waals surface area contributed by atoms with Crippen molar-refractivity contribution in [1.82, 2.24) is 30.2 Å². The van der Waals surface area contributed by atoms with Crippen LogP contribution < -0.4 is 5.32 Å². The third kappa shape index (κ3) is 3.95. The molecule has 3 heterocycles. The molecule has 0 unspecified atom stereocenters. The Morgan fingerprint density at radius 1 is 1.04 bits per heavy atom. The minimum Gasteiger partial charge on any atom is -0.349 e. The van der Waals surface area contributed by atoms with Crippen LogP contribution in [0.3, 0.4) is 0 Å². The SMILES string of the molecule is C[C@H](Cc1cnccn1)NC(=O)c1cnc(-c2cccnc2)nc1. The van der Waals surface area contributed by atoms with Gasteiger partial charge in [0.15, 0.2) is 5.82 Å². The molecule has 0 aliphatic heterocycles. The van der Waals surface area contributed by atoms with Gasteiger partial charge in [-0.1, -0.05) is 0 Å². The molecule has 1 atom stereocenters. The summed E-state index contributed by atoms with van der Waals surface area (Å²) in [6.45, 7) is 1.91. The third-order valence-electron chi connectivity index (χ3n) is 3.34. The standard InChI is InChI=1S/C17H16N6O/c1-12(7-15-11-19-5-6-20-15)23-17(24)14-9-21-16(22-10-14)13-3-2-4-18-8-13/h2-6,8-12H,7H2,1H3,(H,23,24)/t12-/m1/s1. The lowest BCUT2D eigenvalue weighted by Crippen LogP contribution is -2.34. The maximum absolute atomic E-state index is 12.3. The summed E-state index contributed by atoms with van der Waals surface area (Å²) in [6, 6.07) is 3.60. The van der Waals surface area contributed by atoms with Gasteiger partial charge >= 0.3 is 0 Å². The quantitative estimate of drug-likeness (QED) is 0.769. The normalized spacial score (nSPS) is 11.7. The summed E-state index contributed by atoms with van der Waals surface area (Å²) in [6.07, 6.45) is 11.9. The highest BCUT2D eigenvalue weighted by molar-refractivity contribution is 5.93. The van der Waals surface area contributed by atoms with E-state index in [1.165, 1.54) is 12.4 Å². The van der Waals surface area contributed by atoms with Gasteiger partial charge in [-0.15, -0.1) is 0 Å². The van der Waals surface area contributed by atoms with E-state index in [1.54, 1.807) is 31.0 Å². The first-order valence-corrected chi connectivity index (χ1v) is 7.50. The average molecular weight is 320 g/mol. The lowest BCUT2D eigenvalue weighted by molar-refractivity contribution is 0.0939. The number of aromatic nitrogens is 5. The van der Waals surface area contributed by atoms with Gasteiger partial charge in [0.05, 0.1) is 11.3 Å². The lowest BCUT2D eigenvalue weighted by Gasteiger charge is -2.13. The molecule has 0 fully saturated rings. The number of carbonyl (C=O) groups excluding carboxylic acids is 1. The summed E-state index contributed by atoms with van der Waals surface area (Å²) < 4.78 is 0. The van der Waals surface area contributed by atoms with Crippen molar-refractivity contribution in [2.45, 2.75) is 19.4 Å². The van der Waals surface area contributed by atoms with Gasteiger partial charge in [-0.05, 0) is 19.1 Å². The van der Waals surface area contributed by atoms with Gasteiger partial charge in [0, 0.05) is 61.4 Å². The second kappa shape index (κ2) is 7.36. The van der Waals surface area contributed by atoms with Crippen molar-refractivity contribution in [3.63, 3.8) is 0 Å². The Morgan fingerprint density at radius 3 is 2.50 bits per heavy atom. The minimum atomic E-state index is -0.218. The van der Waals surface area contributed by atoms with Crippen molar-refractivity contribution in [2.24, 2.45) is 0 Å². The smallest absolute Gasteiger partial charge is 0.254 e. The zero-order chi connectivity index (χ0) is 16.8. The van der Waals surface area contributed by atoms with E-state index in [1.807, 2.05) is 19.1 Å². The molecule has 3 rings (SSSR count). The Morgan fingerprint density at radius 2 is 1.83 bits per heavy atom. The zero-order valence-corrected chi connectivity index (χ0v) is 13.1. The summed E-state index contributed by atoms with van der Waals surface area (Å²) in [4.78, 5) is 32.9. The first kappa shape index (κ1) is 15.7. The van der Waals surface area contributed by atoms with Crippen LogP contribution >= 0.6 is 0 Å². The molecule has 0 aromatic carbocycles. The molecule has 0 saturated carbocycles. The van der Waals surface area contributed by atoms with Gasteiger partial charge in [0.25, 0.3) is 5.91 Å². The van der Waals surface area contributed by atoms with Crippen LogP contribution in [-0.2, 0) is 6.42 Å². The van der Waals surface area contributed by atoms with Crippen LogP contribution in [0, 0.1) is 0 Å². The number of carbonyl (C=O) groups is 1. The predicted octanol–water partition coefficient (Wildman–Crippen LogP) is 1.69. The van der Waals surface area contributed by atoms with Gasteiger partial charge in [-0.25, -0.2) is 9.97 Å². The number of amides is 1. The van der Waals surface area contributed by atoms with Crippen molar-refractivity contribution in [2.75, 3.05) is 0 Å². The second-order valence-electron chi connectivity index (χ2n) is 5.31. The van der Waals surface area contributed by atoms with E-state index >= 15 is 0 Å². The molecule has 3 aromatic heterocycles. The molecule has 0 radical (unpaired) electrons. The minimum absolute atomic E-state index is 0.0767. The van der Waals surface area contributed by atoms with Crippen molar-refractivity contribution >= 4 is 5.91 Å². The zero-order valence-electron chi connectivity index (χ0n) is 13.1. The molecule has 7 nitrogen and oxygen atoms in total. The van der Waals surface area contributed by atoms with Crippen LogP contribution in [0.2, 0.25) is 0 Å². The van der Waals surface area contributed by atoms with Crippen molar-refractivity contribution < 1.29 is 4.79 Å². The molecule has 0 bridgehead atoms. The molecular weight excluding hydrogens is 304 g/mol. The number of nitrogens with zero attached hydrogens (tertiary/aromatic N) is 5. The van der Waals surface area contributed by atoms with Crippen molar-refractivity contribution in [3.05, 3.63) is 66.8 Å². The molecule has 0 spiro atoms. The van der Waals surface area contributed by atoms with E-state index in [2.05, 4.69) is 30.2 Å². The number of hydrogen-bond acceptors (Lipinski definition) is 6. The maximum atomic E-state index is 12.3. The van der Waals surface area contributed by atoms with Crippen LogP contribution in [0.5, 0.6) is 0 Å². The summed E-state index contributed by atoms with van der Waals surface area (Å²) in [5, 5.41) is 2.90. The van der Waals surface area contributed by atoms with E-state index in [0.717, 1.165) is 11.3 Å². The van der Waals surface area contributed by atoms with Crippen LogP contribution in [0.25, 0.3) is 11.4 Å². The fourth-order valence-corrected chi connectivity index (χ4v) is 2.20. The van der Waals surface area contributed by atoms with Crippen molar-refractivity contribution in [3.8, 4) is 11.4 Å². The Balaban J connectivity index is 1.63. The van der Waals surface area contributed by atoms with Crippen LogP contribution in [-0.4, -0.2) is 36.9 Å². The Labute approximate surface area is 139 Å². The van der Waals surface area contributed by atoms with Crippen LogP contribution in [0.4, 0.5) is 0 Å². The molecule has 0 aliphatic rings. The Bertz CT molecular complexity index is 792. The van der Waals surface area contributed by atoms with Crippen LogP contribution in [0.15, 0.2) is 55.5 Å². The molecule has 1 N–H and O–H groups in total. The van der Waals surface area contributed by atoms with Gasteiger partial charge in [-0.3, -0.25) is 19.7 Å². The Hall–Kier alpha value is -3.22. The molecule has 3 aromatic rings. The fourth-order valence-electron chi connectivity index (χ4n) is 2.20. The van der Waals surface area contributed by atoms with E-state index in [4.69, 9.17) is 0 Å². The van der Waals surface area contributed by atoms with Crippen LogP contribution in [0.1, 0.15) is 23.0 Å². The predicted molar refractivity (Wildman–Crippen MR) is 87.9 cm³/mol. The van der Waals surface area contributed by atoms with E-state index in [9.17, 15) is 4.79 Å². The monoisotopic (exact) mass is 320 g/mol. The van der Waals surface area contributed by atoms with E-state index in [0.29, 0.717) is 17.8 Å². The highest BCUT2D eigenvalue weighted by Crippen LogP contribution is 2.12. The summed E-state index contributed by atoms with van der Waals surface area (Å²) in [5.74, 6) is 0.316. The number of pyridine rings is 1. The second-order valence-corrected chi connectivity index (χ2v) is 5.31. The number of rotatable bonds is 5. The van der Waals surface area contributed by atoms with E-state index in [-0.39, 0.29) is 11.9 Å². The molecular formula is C17H16N6O. The highest BCUT2D eigenvalue weighted by atomic mass is 16.1. The fraction of sp³-hybridized carbons (Fsp3) is 0.176. The van der Waals surface area contributed by atoms with E-state index < -0.39 is 0 Å². The van der Waals surface area contributed by atoms with Crippen molar-refractivity contribution in [1.29, 1.82) is 0 Å². The third-order valence-corrected chi connectivity index (χ3v) is 3.34. The summed E-state index contributed by atoms with van der Waals surface area (Å²) in [5.41, 5.74) is 2.04. The molecule has 0 aliphatic carbocycles. The van der Waals surface area contributed by atoms with Gasteiger partial charge < -0.3 is 5.32 Å². The summed E-state index contributed by atoms with van der Waals surface area (Å²) >= 11 is 0. The first-order chi connectivity index (χ1) is 11.7. The molecule has 7 heteroatoms. The maximum Gasteiger partial charge on any atom is 0.254 e. The first-order valence-electron chi connectivity index (χ1n) is 7.50. The molecule has 1 amide bonds. The Kier molecular flexibility index (Phi) is 4.81. The number of nitrogens with one attached hydrogen (secondary N) is 1. The molecule has 24 heavy (non-hydrogen) atoms. The number of hydrogen-bond donors (Lipinski definition) is 1. The molecule has 0 saturated heterocycles. The van der Waals surface area contributed by atoms with Gasteiger partial charge in [0.1, 0.15) is 0 Å².